The van der Waals surface area contributed by atoms with E-state index in [2.05, 4.69) is 71.0 Å². The van der Waals surface area contributed by atoms with Gasteiger partial charge in [-0.3, -0.25) is 9.78 Å². The molecule has 0 bridgehead atoms. The number of benzene rings is 2. The number of aryl methyl sites for hydroxylation is 3. The molecule has 3 rings (SSSR count). The monoisotopic (exact) mass is 567 g/mol. The molecule has 0 aliphatic rings. The Morgan fingerprint density at radius 3 is 2.21 bits per heavy atom. The second kappa shape index (κ2) is 10.5. The van der Waals surface area contributed by atoms with Gasteiger partial charge in [-0.05, 0) is 50.6 Å². The van der Waals surface area contributed by atoms with E-state index in [-0.39, 0.29) is 31.6 Å². The maximum Gasteiger partial charge on any atom is 0.155 e. The van der Waals surface area contributed by atoms with Crippen molar-refractivity contribution in [3.05, 3.63) is 76.1 Å². The zero-order chi connectivity index (χ0) is 21.0. The van der Waals surface area contributed by atoms with E-state index in [0.717, 1.165) is 16.8 Å². The molecule has 0 amide bonds. The van der Waals surface area contributed by atoms with Crippen LogP contribution in [0, 0.1) is 40.7 Å². The molecule has 3 nitrogen and oxygen atoms in total. The molecule has 1 radical (unpaired) electrons. The summed E-state index contributed by atoms with van der Waals surface area (Å²) in [5, 5.41) is 9.59. The molecule has 0 saturated carbocycles. The largest absolute Gasteiger partial charge is 0.512 e. The molecule has 0 atom stereocenters. The molecule has 155 valence electrons. The third-order valence-corrected chi connectivity index (χ3v) is 4.80. The van der Waals surface area contributed by atoms with Crippen LogP contribution in [0.25, 0.3) is 22.2 Å². The number of aliphatic hydroxyl groups is 1. The number of carbonyl (C=O) groups is 1. The summed E-state index contributed by atoms with van der Waals surface area (Å²) >= 11 is 0. The number of aromatic nitrogens is 1. The number of hydrogen-bond donors (Lipinski definition) is 1. The molecule has 0 aliphatic carbocycles. The first-order valence-electron chi connectivity index (χ1n) is 9.35. The SMILES string of the molecule is CC(=O)/C=C(/C)O.Cc1ccc2c(C)cc(-c3[c-]cc(C)c(C)c3C)nc2c1.[Ir]. The molecular weight excluding hydrogens is 538 g/mol. The van der Waals surface area contributed by atoms with E-state index in [4.69, 9.17) is 10.1 Å². The molecule has 3 aromatic rings. The number of allylic oxidation sites excluding steroid dienone is 2. The van der Waals surface area contributed by atoms with E-state index in [9.17, 15) is 4.79 Å². The van der Waals surface area contributed by atoms with E-state index in [1.807, 2.05) is 0 Å². The maximum absolute atomic E-state index is 10.0. The van der Waals surface area contributed by atoms with Crippen molar-refractivity contribution < 1.29 is 30.0 Å². The Morgan fingerprint density at radius 2 is 1.66 bits per heavy atom. The van der Waals surface area contributed by atoms with Crippen molar-refractivity contribution in [3.63, 3.8) is 0 Å². The second-order valence-corrected chi connectivity index (χ2v) is 7.34. The van der Waals surface area contributed by atoms with Crippen molar-refractivity contribution in [1.82, 2.24) is 4.98 Å². The smallest absolute Gasteiger partial charge is 0.155 e. The van der Waals surface area contributed by atoms with Crippen LogP contribution in [0.1, 0.15) is 41.7 Å². The molecule has 2 aromatic carbocycles. The van der Waals surface area contributed by atoms with E-state index < -0.39 is 0 Å². The number of hydrogen-bond acceptors (Lipinski definition) is 3. The fourth-order valence-corrected chi connectivity index (χ4v) is 3.08. The van der Waals surface area contributed by atoms with Crippen LogP contribution in [0.15, 0.2) is 42.2 Å². The van der Waals surface area contributed by atoms with Gasteiger partial charge in [-0.15, -0.1) is 34.4 Å². The van der Waals surface area contributed by atoms with Crippen molar-refractivity contribution >= 4 is 16.7 Å². The number of fused-ring (bicyclic) bond motifs is 1. The van der Waals surface area contributed by atoms with E-state index in [1.165, 1.54) is 53.1 Å². The Kier molecular flexibility index (Phi) is 8.94. The van der Waals surface area contributed by atoms with Gasteiger partial charge in [0, 0.05) is 31.6 Å². The summed E-state index contributed by atoms with van der Waals surface area (Å²) in [6.07, 6.45) is 1.17. The Hall–Kier alpha value is -2.29. The number of rotatable bonds is 2. The number of nitrogens with zero attached hydrogens (tertiary/aromatic N) is 1. The predicted octanol–water partition coefficient (Wildman–Crippen LogP) is 6.28. The van der Waals surface area contributed by atoms with Crippen LogP contribution < -0.4 is 0 Å². The summed E-state index contributed by atoms with van der Waals surface area (Å²) in [5.41, 5.74) is 9.59. The quantitative estimate of drug-likeness (QED) is 0.226. The van der Waals surface area contributed by atoms with E-state index >= 15 is 0 Å². The standard InChI is InChI=1S/C20H20N.C5H8O2.Ir/c1-12-6-8-17-14(3)11-20(21-19(17)10-12)18-9-7-13(2)15(4)16(18)5;1-4(6)3-5(2)7;/h6-8,10-11H,1-5H3;3,6H,1-2H3;/q-1;;/b;4-3-;. The summed E-state index contributed by atoms with van der Waals surface area (Å²) in [7, 11) is 0. The number of pyridine rings is 1. The van der Waals surface area contributed by atoms with Crippen LogP contribution in [-0.2, 0) is 24.9 Å². The fourth-order valence-electron chi connectivity index (χ4n) is 3.08. The Morgan fingerprint density at radius 1 is 1.00 bits per heavy atom. The van der Waals surface area contributed by atoms with E-state index in [0.29, 0.717) is 0 Å². The predicted molar refractivity (Wildman–Crippen MR) is 117 cm³/mol. The van der Waals surface area contributed by atoms with Gasteiger partial charge in [0.15, 0.2) is 5.78 Å². The van der Waals surface area contributed by atoms with Crippen LogP contribution in [0.4, 0.5) is 0 Å². The second-order valence-electron chi connectivity index (χ2n) is 7.34. The van der Waals surface area contributed by atoms with Gasteiger partial charge in [0.25, 0.3) is 0 Å². The molecule has 0 fully saturated rings. The minimum absolute atomic E-state index is 0. The molecule has 4 heteroatoms. The van der Waals surface area contributed by atoms with Crippen molar-refractivity contribution in [2.75, 3.05) is 0 Å². The first kappa shape index (κ1) is 24.7. The van der Waals surface area contributed by atoms with Crippen LogP contribution >= 0.6 is 0 Å². The molecule has 29 heavy (non-hydrogen) atoms. The average molecular weight is 567 g/mol. The van der Waals surface area contributed by atoms with Crippen molar-refractivity contribution in [2.24, 2.45) is 0 Å². The van der Waals surface area contributed by atoms with Crippen LogP contribution in [-0.4, -0.2) is 15.9 Å². The molecule has 0 saturated heterocycles. The molecule has 1 aromatic heterocycles. The van der Waals surface area contributed by atoms with Gasteiger partial charge in [0.2, 0.25) is 0 Å². The van der Waals surface area contributed by atoms with Gasteiger partial charge >= 0.3 is 0 Å². The Labute approximate surface area is 187 Å². The van der Waals surface area contributed by atoms with Crippen molar-refractivity contribution in [1.29, 1.82) is 0 Å². The molecule has 0 spiro atoms. The van der Waals surface area contributed by atoms with Gasteiger partial charge in [-0.2, -0.15) is 0 Å². The molecule has 0 aliphatic heterocycles. The van der Waals surface area contributed by atoms with E-state index in [1.54, 1.807) is 0 Å². The first-order valence-corrected chi connectivity index (χ1v) is 9.35. The third-order valence-electron chi connectivity index (χ3n) is 4.80. The van der Waals surface area contributed by atoms with Gasteiger partial charge < -0.3 is 5.11 Å². The number of aliphatic hydroxyl groups excluding tert-OH is 1. The average Bonchev–Trinajstić information content (AvgIpc) is 2.58. The zero-order valence-electron chi connectivity index (χ0n) is 18.1. The fraction of sp³-hybridized carbons (Fsp3) is 0.280. The molecule has 0 unspecified atom stereocenters. The normalized spacial score (nSPS) is 10.8. The number of ketones is 1. The third kappa shape index (κ3) is 6.35. The minimum Gasteiger partial charge on any atom is -0.512 e. The number of carbonyl (C=O) groups excluding carboxylic acids is 1. The van der Waals surface area contributed by atoms with Crippen molar-refractivity contribution in [3.8, 4) is 11.3 Å². The summed E-state index contributed by atoms with van der Waals surface area (Å²) in [5.74, 6) is -0.0625. The molecule has 1 heterocycles. The van der Waals surface area contributed by atoms with Gasteiger partial charge in [0.1, 0.15) is 0 Å². The zero-order valence-corrected chi connectivity index (χ0v) is 20.5. The first-order chi connectivity index (χ1) is 13.1. The summed E-state index contributed by atoms with van der Waals surface area (Å²) < 4.78 is 0. The Balaban J connectivity index is 0.000000456. The Bertz CT molecular complexity index is 1060. The molecular formula is C25H28IrNO2-. The molecule has 1 N–H and O–H groups in total. The van der Waals surface area contributed by atoms with Gasteiger partial charge in [-0.1, -0.05) is 39.0 Å². The van der Waals surface area contributed by atoms with Crippen LogP contribution in [0.5, 0.6) is 0 Å². The summed E-state index contributed by atoms with van der Waals surface area (Å²) in [4.78, 5) is 14.9. The summed E-state index contributed by atoms with van der Waals surface area (Å²) in [6.45, 7) is 13.6. The van der Waals surface area contributed by atoms with Crippen LogP contribution in [0.2, 0.25) is 0 Å². The minimum atomic E-state index is -0.125. The maximum atomic E-state index is 10.0. The van der Waals surface area contributed by atoms with Crippen molar-refractivity contribution in [2.45, 2.75) is 48.5 Å². The van der Waals surface area contributed by atoms with Crippen LogP contribution in [0.3, 0.4) is 0 Å². The van der Waals surface area contributed by atoms with Gasteiger partial charge in [-0.25, -0.2) is 0 Å². The topological polar surface area (TPSA) is 50.2 Å². The van der Waals surface area contributed by atoms with Gasteiger partial charge in [0.05, 0.1) is 11.3 Å². The summed E-state index contributed by atoms with van der Waals surface area (Å²) in [6, 6.07) is 14.1.